The van der Waals surface area contributed by atoms with Crippen LogP contribution in [0, 0.1) is 12.8 Å². The first-order chi connectivity index (χ1) is 8.11. The van der Waals surface area contributed by atoms with Crippen LogP contribution in [0.4, 0.5) is 5.95 Å². The van der Waals surface area contributed by atoms with E-state index < -0.39 is 0 Å². The van der Waals surface area contributed by atoms with Gasteiger partial charge in [0, 0.05) is 6.54 Å². The lowest BCUT2D eigenvalue weighted by molar-refractivity contribution is -0.120. The molecule has 6 heteroatoms. The smallest absolute Gasteiger partial charge is 0.246 e. The van der Waals surface area contributed by atoms with Crippen molar-refractivity contribution in [1.29, 1.82) is 0 Å². The first-order valence-corrected chi connectivity index (χ1v) is 6.68. The molecule has 2 unspecified atom stereocenters. The van der Waals surface area contributed by atoms with Crippen molar-refractivity contribution in [3.63, 3.8) is 0 Å². The second-order valence-electron chi connectivity index (χ2n) is 4.57. The summed E-state index contributed by atoms with van der Waals surface area (Å²) >= 11 is 1.34. The largest absolute Gasteiger partial charge is 0.309 e. The molecular formula is C11H18N4OS. The SMILES string of the molecule is CNC1CC(C)CCN(c2nsc(C)n2)C1=O. The fraction of sp³-hybridized carbons (Fsp3) is 0.727. The molecule has 1 N–H and O–H groups in total. The van der Waals surface area contributed by atoms with Gasteiger partial charge in [0.25, 0.3) is 0 Å². The average Bonchev–Trinajstić information content (AvgIpc) is 2.66. The van der Waals surface area contributed by atoms with E-state index in [0.29, 0.717) is 18.4 Å². The number of nitrogens with one attached hydrogen (secondary N) is 1. The van der Waals surface area contributed by atoms with Crippen LogP contribution in [-0.2, 0) is 4.79 Å². The summed E-state index contributed by atoms with van der Waals surface area (Å²) < 4.78 is 4.23. The number of carbonyl (C=O) groups excluding carboxylic acids is 1. The summed E-state index contributed by atoms with van der Waals surface area (Å²) in [5.74, 6) is 1.20. The van der Waals surface area contributed by atoms with Crippen LogP contribution < -0.4 is 10.2 Å². The molecule has 94 valence electrons. The van der Waals surface area contributed by atoms with Crippen molar-refractivity contribution in [2.45, 2.75) is 32.7 Å². The van der Waals surface area contributed by atoms with Crippen LogP contribution in [-0.4, -0.2) is 34.9 Å². The van der Waals surface area contributed by atoms with Crippen LogP contribution in [0.25, 0.3) is 0 Å². The molecule has 1 aliphatic heterocycles. The quantitative estimate of drug-likeness (QED) is 0.861. The Morgan fingerprint density at radius 2 is 2.29 bits per heavy atom. The van der Waals surface area contributed by atoms with E-state index in [9.17, 15) is 4.79 Å². The molecule has 1 fully saturated rings. The number of amides is 1. The maximum Gasteiger partial charge on any atom is 0.246 e. The second kappa shape index (κ2) is 5.10. The number of likely N-dealkylation sites (N-methyl/N-ethyl adjacent to an activating group) is 1. The molecule has 0 aliphatic carbocycles. The van der Waals surface area contributed by atoms with E-state index in [1.165, 1.54) is 11.5 Å². The highest BCUT2D eigenvalue weighted by atomic mass is 32.1. The van der Waals surface area contributed by atoms with E-state index in [4.69, 9.17) is 0 Å². The molecule has 2 atom stereocenters. The molecule has 2 heterocycles. The van der Waals surface area contributed by atoms with Gasteiger partial charge in [-0.1, -0.05) is 6.92 Å². The van der Waals surface area contributed by atoms with Gasteiger partial charge in [0.05, 0.1) is 6.04 Å². The lowest BCUT2D eigenvalue weighted by atomic mass is 10.0. The van der Waals surface area contributed by atoms with Crippen molar-refractivity contribution in [3.05, 3.63) is 5.01 Å². The summed E-state index contributed by atoms with van der Waals surface area (Å²) in [6, 6.07) is -0.115. The Morgan fingerprint density at radius 3 is 2.88 bits per heavy atom. The predicted octanol–water partition coefficient (Wildman–Crippen LogP) is 1.20. The number of nitrogens with zero attached hydrogens (tertiary/aromatic N) is 3. The molecule has 17 heavy (non-hydrogen) atoms. The van der Waals surface area contributed by atoms with Crippen LogP contribution in [0.1, 0.15) is 24.8 Å². The number of rotatable bonds is 2. The molecule has 2 rings (SSSR count). The zero-order valence-electron chi connectivity index (χ0n) is 10.4. The van der Waals surface area contributed by atoms with Gasteiger partial charge in [-0.2, -0.15) is 4.37 Å². The fourth-order valence-corrected chi connectivity index (χ4v) is 2.58. The molecule has 0 saturated carbocycles. The molecule has 1 aromatic rings. The molecule has 1 saturated heterocycles. The molecule has 1 aromatic heterocycles. The summed E-state index contributed by atoms with van der Waals surface area (Å²) in [6.07, 6.45) is 1.89. The molecule has 1 amide bonds. The highest BCUT2D eigenvalue weighted by Crippen LogP contribution is 2.22. The first-order valence-electron chi connectivity index (χ1n) is 5.90. The Bertz CT molecular complexity index is 406. The number of hydrogen-bond donors (Lipinski definition) is 1. The van der Waals surface area contributed by atoms with E-state index in [1.54, 1.807) is 4.90 Å². The fourth-order valence-electron chi connectivity index (χ4n) is 2.11. The summed E-state index contributed by atoms with van der Waals surface area (Å²) in [4.78, 5) is 18.3. The Morgan fingerprint density at radius 1 is 1.53 bits per heavy atom. The van der Waals surface area contributed by atoms with Crippen molar-refractivity contribution in [3.8, 4) is 0 Å². The molecule has 0 spiro atoms. The number of aryl methyl sites for hydroxylation is 1. The zero-order chi connectivity index (χ0) is 12.4. The molecular weight excluding hydrogens is 236 g/mol. The third kappa shape index (κ3) is 2.63. The minimum Gasteiger partial charge on any atom is -0.309 e. The minimum atomic E-state index is -0.115. The number of carbonyl (C=O) groups is 1. The summed E-state index contributed by atoms with van der Waals surface area (Å²) in [5, 5.41) is 3.98. The zero-order valence-corrected chi connectivity index (χ0v) is 11.3. The van der Waals surface area contributed by atoms with E-state index in [1.807, 2.05) is 14.0 Å². The molecule has 0 radical (unpaired) electrons. The minimum absolute atomic E-state index is 0.0923. The maximum atomic E-state index is 12.3. The van der Waals surface area contributed by atoms with Crippen molar-refractivity contribution in [2.24, 2.45) is 5.92 Å². The lowest BCUT2D eigenvalue weighted by Gasteiger charge is -2.20. The first kappa shape index (κ1) is 12.4. The van der Waals surface area contributed by atoms with E-state index in [0.717, 1.165) is 17.8 Å². The van der Waals surface area contributed by atoms with Gasteiger partial charge in [-0.25, -0.2) is 4.98 Å². The molecule has 1 aliphatic rings. The molecule has 5 nitrogen and oxygen atoms in total. The number of hydrogen-bond acceptors (Lipinski definition) is 5. The van der Waals surface area contributed by atoms with Crippen LogP contribution in [0.15, 0.2) is 0 Å². The lowest BCUT2D eigenvalue weighted by Crippen LogP contribution is -2.44. The Kier molecular flexibility index (Phi) is 3.73. The summed E-state index contributed by atoms with van der Waals surface area (Å²) in [6.45, 7) is 4.80. The average molecular weight is 254 g/mol. The van der Waals surface area contributed by atoms with Gasteiger partial charge in [-0.15, -0.1) is 0 Å². The molecule has 0 bridgehead atoms. The summed E-state index contributed by atoms with van der Waals surface area (Å²) in [5.41, 5.74) is 0. The highest BCUT2D eigenvalue weighted by molar-refractivity contribution is 7.05. The van der Waals surface area contributed by atoms with Gasteiger partial charge < -0.3 is 5.32 Å². The second-order valence-corrected chi connectivity index (χ2v) is 5.53. The Labute approximate surface area is 105 Å². The van der Waals surface area contributed by atoms with E-state index in [-0.39, 0.29) is 11.9 Å². The van der Waals surface area contributed by atoms with Crippen molar-refractivity contribution in [2.75, 3.05) is 18.5 Å². The predicted molar refractivity (Wildman–Crippen MR) is 68.2 cm³/mol. The van der Waals surface area contributed by atoms with Crippen molar-refractivity contribution >= 4 is 23.4 Å². The number of aromatic nitrogens is 2. The van der Waals surface area contributed by atoms with Crippen LogP contribution in [0.2, 0.25) is 0 Å². The number of anilines is 1. The Hall–Kier alpha value is -1.01. The van der Waals surface area contributed by atoms with Crippen molar-refractivity contribution < 1.29 is 4.79 Å². The van der Waals surface area contributed by atoms with Gasteiger partial charge in [0.2, 0.25) is 11.9 Å². The standard InChI is InChI=1S/C11H18N4OS/c1-7-4-5-15(10(16)9(6-7)12-3)11-13-8(2)17-14-11/h7,9,12H,4-6H2,1-3H3. The highest BCUT2D eigenvalue weighted by Gasteiger charge is 2.31. The van der Waals surface area contributed by atoms with E-state index in [2.05, 4.69) is 21.6 Å². The van der Waals surface area contributed by atoms with Crippen LogP contribution in [0.3, 0.4) is 0 Å². The summed E-state index contributed by atoms with van der Waals surface area (Å²) in [7, 11) is 1.83. The van der Waals surface area contributed by atoms with Gasteiger partial charge in [-0.05, 0) is 44.3 Å². The normalized spacial score (nSPS) is 26.1. The van der Waals surface area contributed by atoms with E-state index >= 15 is 0 Å². The van der Waals surface area contributed by atoms with Gasteiger partial charge in [0.15, 0.2) is 0 Å². The van der Waals surface area contributed by atoms with Crippen LogP contribution in [0.5, 0.6) is 0 Å². The topological polar surface area (TPSA) is 58.1 Å². The third-order valence-corrected chi connectivity index (χ3v) is 3.76. The Balaban J connectivity index is 2.23. The van der Waals surface area contributed by atoms with Gasteiger partial charge >= 0.3 is 0 Å². The molecule has 0 aromatic carbocycles. The third-order valence-electron chi connectivity index (χ3n) is 3.15. The van der Waals surface area contributed by atoms with Crippen molar-refractivity contribution in [1.82, 2.24) is 14.7 Å². The van der Waals surface area contributed by atoms with Gasteiger partial charge in [0.1, 0.15) is 5.01 Å². The monoisotopic (exact) mass is 254 g/mol. The van der Waals surface area contributed by atoms with Gasteiger partial charge in [-0.3, -0.25) is 9.69 Å². The van der Waals surface area contributed by atoms with Crippen LogP contribution >= 0.6 is 11.5 Å². The maximum absolute atomic E-state index is 12.3.